The maximum absolute atomic E-state index is 13.4. The summed E-state index contributed by atoms with van der Waals surface area (Å²) in [5, 5.41) is 0.675. The third kappa shape index (κ3) is 3.73. The number of para-hydroxylation sites is 3. The molecule has 0 bridgehead atoms. The monoisotopic (exact) mass is 420 g/mol. The van der Waals surface area contributed by atoms with Crippen molar-refractivity contribution in [2.45, 2.75) is 19.1 Å². The highest BCUT2D eigenvalue weighted by Gasteiger charge is 2.33. The molecule has 152 valence electrons. The Labute approximate surface area is 177 Å². The second kappa shape index (κ2) is 8.16. The minimum atomic E-state index is -0.708. The summed E-state index contributed by atoms with van der Waals surface area (Å²) in [5.41, 5.74) is 0.885. The number of hydrogen-bond acceptors (Lipinski definition) is 6. The number of aryl methyl sites for hydroxylation is 1. The van der Waals surface area contributed by atoms with Gasteiger partial charge >= 0.3 is 0 Å². The Kier molecular flexibility index (Phi) is 5.06. The van der Waals surface area contributed by atoms with E-state index in [9.17, 15) is 4.79 Å². The first kappa shape index (κ1) is 18.6. The Morgan fingerprint density at radius 2 is 2.00 bits per heavy atom. The van der Waals surface area contributed by atoms with E-state index >= 15 is 0 Å². The quantitative estimate of drug-likeness (QED) is 0.475. The molecule has 2 aromatic heterocycles. The number of aromatic nitrogens is 3. The van der Waals surface area contributed by atoms with Crippen LogP contribution in [0, 0.1) is 0 Å². The number of anilines is 1. The molecule has 5 rings (SSSR count). The summed E-state index contributed by atoms with van der Waals surface area (Å²) in [6.45, 7) is 1.47. The average molecular weight is 420 g/mol. The molecule has 1 aliphatic rings. The molecule has 30 heavy (non-hydrogen) atoms. The van der Waals surface area contributed by atoms with E-state index in [4.69, 9.17) is 14.5 Å². The SMILES string of the molecule is O=C(C1COc2ccccc2O1)N(CCCn1ccnc1)c1nc2ccccc2s1. The van der Waals surface area contributed by atoms with Crippen molar-refractivity contribution in [2.75, 3.05) is 18.1 Å². The largest absolute Gasteiger partial charge is 0.485 e. The first-order valence-electron chi connectivity index (χ1n) is 9.79. The lowest BCUT2D eigenvalue weighted by atomic mass is 10.2. The summed E-state index contributed by atoms with van der Waals surface area (Å²) in [6, 6.07) is 15.3. The normalized spacial score (nSPS) is 15.3. The highest BCUT2D eigenvalue weighted by atomic mass is 32.1. The zero-order valence-corrected chi connectivity index (χ0v) is 17.0. The highest BCUT2D eigenvalue weighted by Crippen LogP contribution is 2.33. The number of hydrogen-bond donors (Lipinski definition) is 0. The van der Waals surface area contributed by atoms with Gasteiger partial charge in [0, 0.05) is 25.5 Å². The average Bonchev–Trinajstić information content (AvgIpc) is 3.45. The van der Waals surface area contributed by atoms with E-state index in [1.165, 1.54) is 11.3 Å². The number of nitrogens with zero attached hydrogens (tertiary/aromatic N) is 4. The fraction of sp³-hybridized carbons (Fsp3) is 0.227. The molecule has 1 unspecified atom stereocenters. The first-order chi connectivity index (χ1) is 14.8. The van der Waals surface area contributed by atoms with Gasteiger partial charge in [0.25, 0.3) is 5.91 Å². The summed E-state index contributed by atoms with van der Waals surface area (Å²) >= 11 is 1.51. The minimum Gasteiger partial charge on any atom is -0.485 e. The van der Waals surface area contributed by atoms with Crippen LogP contribution in [0.3, 0.4) is 0 Å². The van der Waals surface area contributed by atoms with Crippen LogP contribution < -0.4 is 14.4 Å². The fourth-order valence-corrected chi connectivity index (χ4v) is 4.42. The lowest BCUT2D eigenvalue weighted by Crippen LogP contribution is -2.47. The molecule has 0 aliphatic carbocycles. The smallest absolute Gasteiger partial charge is 0.273 e. The fourth-order valence-electron chi connectivity index (χ4n) is 3.42. The Hall–Kier alpha value is -3.39. The summed E-state index contributed by atoms with van der Waals surface area (Å²) in [7, 11) is 0. The van der Waals surface area contributed by atoms with E-state index in [0.29, 0.717) is 23.2 Å². The number of fused-ring (bicyclic) bond motifs is 2. The Balaban J connectivity index is 1.39. The first-order valence-corrected chi connectivity index (χ1v) is 10.6. The van der Waals surface area contributed by atoms with Crippen molar-refractivity contribution in [3.05, 3.63) is 67.3 Å². The molecule has 4 aromatic rings. The number of carbonyl (C=O) groups excluding carboxylic acids is 1. The Bertz CT molecular complexity index is 1130. The Morgan fingerprint density at radius 1 is 1.17 bits per heavy atom. The van der Waals surface area contributed by atoms with Crippen LogP contribution >= 0.6 is 11.3 Å². The number of imidazole rings is 1. The third-order valence-electron chi connectivity index (χ3n) is 4.92. The summed E-state index contributed by atoms with van der Waals surface area (Å²) in [6.07, 6.45) is 5.50. The molecule has 0 radical (unpaired) electrons. The van der Waals surface area contributed by atoms with Crippen LogP contribution in [0.25, 0.3) is 10.2 Å². The third-order valence-corrected chi connectivity index (χ3v) is 5.98. The molecule has 1 atom stereocenters. The van der Waals surface area contributed by atoms with Crippen LogP contribution in [0.2, 0.25) is 0 Å². The zero-order chi connectivity index (χ0) is 20.3. The molecule has 1 amide bonds. The second-order valence-electron chi connectivity index (χ2n) is 6.97. The molecule has 0 spiro atoms. The van der Waals surface area contributed by atoms with Crippen molar-refractivity contribution in [3.8, 4) is 11.5 Å². The van der Waals surface area contributed by atoms with Crippen LogP contribution in [0.1, 0.15) is 6.42 Å². The molecule has 0 fully saturated rings. The highest BCUT2D eigenvalue weighted by molar-refractivity contribution is 7.22. The van der Waals surface area contributed by atoms with E-state index in [1.54, 1.807) is 17.4 Å². The zero-order valence-electron chi connectivity index (χ0n) is 16.2. The van der Waals surface area contributed by atoms with Crippen molar-refractivity contribution in [1.82, 2.24) is 14.5 Å². The van der Waals surface area contributed by atoms with Crippen LogP contribution in [-0.4, -0.2) is 39.7 Å². The van der Waals surface area contributed by atoms with E-state index in [0.717, 1.165) is 23.2 Å². The number of thiazole rings is 1. The molecule has 0 N–H and O–H groups in total. The maximum Gasteiger partial charge on any atom is 0.273 e. The van der Waals surface area contributed by atoms with Gasteiger partial charge in [0.05, 0.1) is 16.5 Å². The van der Waals surface area contributed by atoms with Crippen LogP contribution in [0.15, 0.2) is 67.3 Å². The van der Waals surface area contributed by atoms with Gasteiger partial charge in [-0.1, -0.05) is 35.6 Å². The van der Waals surface area contributed by atoms with E-state index in [1.807, 2.05) is 59.3 Å². The molecule has 1 aliphatic heterocycles. The van der Waals surface area contributed by atoms with Crippen LogP contribution in [0.4, 0.5) is 5.13 Å². The number of rotatable bonds is 6. The van der Waals surface area contributed by atoms with Crippen molar-refractivity contribution in [3.63, 3.8) is 0 Å². The molecule has 0 saturated heterocycles. The standard InChI is InChI=1S/C22H20N4O3S/c27-21(19-14-28-17-7-2-3-8-18(17)29-19)26(12-5-11-25-13-10-23-15-25)22-24-16-6-1-4-9-20(16)30-22/h1-4,6-10,13,15,19H,5,11-12,14H2. The van der Waals surface area contributed by atoms with Gasteiger partial charge in [-0.15, -0.1) is 0 Å². The van der Waals surface area contributed by atoms with Crippen molar-refractivity contribution < 1.29 is 14.3 Å². The lowest BCUT2D eigenvalue weighted by Gasteiger charge is -2.29. The number of carbonyl (C=O) groups is 1. The molecule has 2 aromatic carbocycles. The van der Waals surface area contributed by atoms with Crippen LogP contribution in [0.5, 0.6) is 11.5 Å². The van der Waals surface area contributed by atoms with Gasteiger partial charge in [-0.25, -0.2) is 9.97 Å². The van der Waals surface area contributed by atoms with Crippen molar-refractivity contribution >= 4 is 32.6 Å². The summed E-state index contributed by atoms with van der Waals surface area (Å²) in [5.74, 6) is 1.10. The van der Waals surface area contributed by atoms with E-state index in [2.05, 4.69) is 4.98 Å². The summed E-state index contributed by atoms with van der Waals surface area (Å²) in [4.78, 5) is 23.9. The lowest BCUT2D eigenvalue weighted by molar-refractivity contribution is -0.127. The molecular weight excluding hydrogens is 400 g/mol. The molecule has 0 saturated carbocycles. The Morgan fingerprint density at radius 3 is 2.83 bits per heavy atom. The number of ether oxygens (including phenoxy) is 2. The van der Waals surface area contributed by atoms with Gasteiger partial charge < -0.3 is 14.0 Å². The predicted octanol–water partition coefficient (Wildman–Crippen LogP) is 3.76. The van der Waals surface area contributed by atoms with Crippen molar-refractivity contribution in [2.24, 2.45) is 0 Å². The van der Waals surface area contributed by atoms with Gasteiger partial charge in [-0.05, 0) is 30.7 Å². The van der Waals surface area contributed by atoms with E-state index < -0.39 is 6.10 Å². The molecular formula is C22H20N4O3S. The van der Waals surface area contributed by atoms with Gasteiger partial charge in [0.15, 0.2) is 16.6 Å². The summed E-state index contributed by atoms with van der Waals surface area (Å²) < 4.78 is 14.8. The minimum absolute atomic E-state index is 0.144. The van der Waals surface area contributed by atoms with E-state index in [-0.39, 0.29) is 12.5 Å². The molecule has 3 heterocycles. The van der Waals surface area contributed by atoms with Crippen LogP contribution in [-0.2, 0) is 11.3 Å². The molecule has 8 heteroatoms. The van der Waals surface area contributed by atoms with Gasteiger partial charge in [-0.2, -0.15) is 0 Å². The topological polar surface area (TPSA) is 69.5 Å². The van der Waals surface area contributed by atoms with Gasteiger partial charge in [-0.3, -0.25) is 9.69 Å². The number of benzene rings is 2. The number of amides is 1. The van der Waals surface area contributed by atoms with Crippen molar-refractivity contribution in [1.29, 1.82) is 0 Å². The van der Waals surface area contributed by atoms with Gasteiger partial charge in [0.2, 0.25) is 6.10 Å². The predicted molar refractivity (Wildman–Crippen MR) is 115 cm³/mol. The maximum atomic E-state index is 13.4. The molecule has 7 nitrogen and oxygen atoms in total. The second-order valence-corrected chi connectivity index (χ2v) is 7.98. The van der Waals surface area contributed by atoms with Gasteiger partial charge in [0.1, 0.15) is 6.61 Å².